The van der Waals surface area contributed by atoms with Crippen molar-refractivity contribution in [2.75, 3.05) is 61.1 Å². The van der Waals surface area contributed by atoms with Gasteiger partial charge in [-0.1, -0.05) is 30.3 Å². The number of rotatable bonds is 9. The second-order valence-corrected chi connectivity index (χ2v) is 7.22. The van der Waals surface area contributed by atoms with Crippen molar-refractivity contribution in [3.8, 4) is 0 Å². The van der Waals surface area contributed by atoms with Gasteiger partial charge in [0.15, 0.2) is 5.96 Å². The van der Waals surface area contributed by atoms with Crippen LogP contribution in [0.1, 0.15) is 30.9 Å². The van der Waals surface area contributed by atoms with E-state index in [4.69, 9.17) is 9.47 Å². The standard InChI is InChI=1S/C21H36N4O2/c1-22-21(23-17-20(24(2)3)18-9-6-5-7-10-18)25-13-11-19(12-14-25)27-16-8-15-26-4/h5-7,9-10,19-20H,8,11-17H2,1-4H3,(H,22,23). The maximum atomic E-state index is 5.96. The molecule has 1 N–H and O–H groups in total. The number of hydrogen-bond donors (Lipinski definition) is 1. The number of guanidine groups is 1. The number of nitrogens with one attached hydrogen (secondary N) is 1. The van der Waals surface area contributed by atoms with Crippen molar-refractivity contribution < 1.29 is 9.47 Å². The van der Waals surface area contributed by atoms with Crippen LogP contribution in [0.2, 0.25) is 0 Å². The molecule has 1 aromatic carbocycles. The van der Waals surface area contributed by atoms with Gasteiger partial charge in [0.2, 0.25) is 0 Å². The molecule has 1 aliphatic rings. The minimum Gasteiger partial charge on any atom is -0.385 e. The highest BCUT2D eigenvalue weighted by atomic mass is 16.5. The zero-order chi connectivity index (χ0) is 19.5. The predicted molar refractivity (Wildman–Crippen MR) is 111 cm³/mol. The van der Waals surface area contributed by atoms with Gasteiger partial charge in [-0.25, -0.2) is 0 Å². The van der Waals surface area contributed by atoms with E-state index >= 15 is 0 Å². The minimum atomic E-state index is 0.310. The first-order chi connectivity index (χ1) is 13.2. The largest absolute Gasteiger partial charge is 0.385 e. The Morgan fingerprint density at radius 2 is 1.93 bits per heavy atom. The molecule has 0 saturated carbocycles. The summed E-state index contributed by atoms with van der Waals surface area (Å²) in [5, 5.41) is 3.57. The van der Waals surface area contributed by atoms with Crippen molar-refractivity contribution in [1.29, 1.82) is 0 Å². The van der Waals surface area contributed by atoms with Gasteiger partial charge in [0.1, 0.15) is 0 Å². The van der Waals surface area contributed by atoms with Crippen LogP contribution >= 0.6 is 0 Å². The molecule has 0 radical (unpaired) electrons. The second kappa shape index (κ2) is 12.0. The maximum Gasteiger partial charge on any atom is 0.193 e. The van der Waals surface area contributed by atoms with Crippen molar-refractivity contribution in [2.24, 2.45) is 4.99 Å². The van der Waals surface area contributed by atoms with E-state index in [0.29, 0.717) is 12.1 Å². The number of methoxy groups -OCH3 is 1. The van der Waals surface area contributed by atoms with E-state index in [9.17, 15) is 0 Å². The lowest BCUT2D eigenvalue weighted by atomic mass is 10.1. The Balaban J connectivity index is 1.80. The van der Waals surface area contributed by atoms with E-state index in [2.05, 4.69) is 64.5 Å². The number of piperidine rings is 1. The Bertz CT molecular complexity index is 542. The van der Waals surface area contributed by atoms with Crippen molar-refractivity contribution in [2.45, 2.75) is 31.4 Å². The van der Waals surface area contributed by atoms with Crippen LogP contribution in [0.15, 0.2) is 35.3 Å². The minimum absolute atomic E-state index is 0.310. The molecular formula is C21H36N4O2. The van der Waals surface area contributed by atoms with Crippen LogP contribution in [-0.2, 0) is 9.47 Å². The molecule has 1 unspecified atom stereocenters. The molecule has 1 atom stereocenters. The van der Waals surface area contributed by atoms with E-state index in [-0.39, 0.29) is 0 Å². The molecule has 0 aliphatic carbocycles. The molecule has 152 valence electrons. The monoisotopic (exact) mass is 376 g/mol. The number of likely N-dealkylation sites (tertiary alicyclic amines) is 1. The van der Waals surface area contributed by atoms with Crippen LogP contribution in [0.5, 0.6) is 0 Å². The molecule has 0 spiro atoms. The van der Waals surface area contributed by atoms with Gasteiger partial charge in [-0.05, 0) is 38.9 Å². The highest BCUT2D eigenvalue weighted by Gasteiger charge is 2.23. The lowest BCUT2D eigenvalue weighted by Gasteiger charge is -2.35. The van der Waals surface area contributed by atoms with Crippen molar-refractivity contribution in [3.05, 3.63) is 35.9 Å². The highest BCUT2D eigenvalue weighted by molar-refractivity contribution is 5.80. The molecule has 0 aromatic heterocycles. The number of benzene rings is 1. The molecule has 0 bridgehead atoms. The van der Waals surface area contributed by atoms with E-state index in [1.807, 2.05) is 7.05 Å². The number of nitrogens with zero attached hydrogens (tertiary/aromatic N) is 3. The molecule has 1 heterocycles. The summed E-state index contributed by atoms with van der Waals surface area (Å²) in [5.41, 5.74) is 1.31. The van der Waals surface area contributed by atoms with Gasteiger partial charge in [-0.3, -0.25) is 4.99 Å². The third-order valence-electron chi connectivity index (χ3n) is 5.06. The van der Waals surface area contributed by atoms with Crippen molar-refractivity contribution >= 4 is 5.96 Å². The Kier molecular flexibility index (Phi) is 9.59. The number of aliphatic imine (C=N–C) groups is 1. The Morgan fingerprint density at radius 3 is 2.52 bits per heavy atom. The number of likely N-dealkylation sites (N-methyl/N-ethyl adjacent to an activating group) is 1. The average molecular weight is 377 g/mol. The molecule has 2 rings (SSSR count). The third-order valence-corrected chi connectivity index (χ3v) is 5.06. The van der Waals surface area contributed by atoms with Gasteiger partial charge in [0.25, 0.3) is 0 Å². The summed E-state index contributed by atoms with van der Waals surface area (Å²) in [6.45, 7) is 4.34. The van der Waals surface area contributed by atoms with Crippen LogP contribution < -0.4 is 5.32 Å². The first-order valence-corrected chi connectivity index (χ1v) is 9.93. The summed E-state index contributed by atoms with van der Waals surface area (Å²) in [6.07, 6.45) is 3.41. The van der Waals surface area contributed by atoms with Crippen LogP contribution in [0.3, 0.4) is 0 Å². The van der Waals surface area contributed by atoms with Crippen LogP contribution in [0.4, 0.5) is 0 Å². The summed E-state index contributed by atoms with van der Waals surface area (Å²) in [6, 6.07) is 10.9. The zero-order valence-corrected chi connectivity index (χ0v) is 17.4. The Hall–Kier alpha value is -1.63. The quantitative estimate of drug-likeness (QED) is 0.407. The Morgan fingerprint density at radius 1 is 1.22 bits per heavy atom. The van der Waals surface area contributed by atoms with Crippen molar-refractivity contribution in [1.82, 2.24) is 15.1 Å². The van der Waals surface area contributed by atoms with Gasteiger partial charge in [-0.15, -0.1) is 0 Å². The number of ether oxygens (including phenoxy) is 2. The van der Waals surface area contributed by atoms with Gasteiger partial charge < -0.3 is 24.6 Å². The van der Waals surface area contributed by atoms with Crippen LogP contribution in [0.25, 0.3) is 0 Å². The average Bonchev–Trinajstić information content (AvgIpc) is 2.70. The molecule has 1 fully saturated rings. The molecular weight excluding hydrogens is 340 g/mol. The molecule has 6 nitrogen and oxygen atoms in total. The third kappa shape index (κ3) is 7.13. The smallest absolute Gasteiger partial charge is 0.193 e. The van der Waals surface area contributed by atoms with E-state index in [1.54, 1.807) is 7.11 Å². The summed E-state index contributed by atoms with van der Waals surface area (Å²) in [4.78, 5) is 9.09. The topological polar surface area (TPSA) is 49.3 Å². The summed E-state index contributed by atoms with van der Waals surface area (Å²) in [5.74, 6) is 0.982. The maximum absolute atomic E-state index is 5.96. The molecule has 1 aliphatic heterocycles. The summed E-state index contributed by atoms with van der Waals surface area (Å²) in [7, 11) is 7.83. The molecule has 27 heavy (non-hydrogen) atoms. The second-order valence-electron chi connectivity index (χ2n) is 7.22. The van der Waals surface area contributed by atoms with E-state index in [1.165, 1.54) is 5.56 Å². The first-order valence-electron chi connectivity index (χ1n) is 9.93. The first kappa shape index (κ1) is 21.7. The van der Waals surface area contributed by atoms with Crippen LogP contribution in [-0.4, -0.2) is 83.0 Å². The van der Waals surface area contributed by atoms with E-state index < -0.39 is 0 Å². The summed E-state index contributed by atoms with van der Waals surface area (Å²) >= 11 is 0. The van der Waals surface area contributed by atoms with Gasteiger partial charge in [0, 0.05) is 47.0 Å². The fourth-order valence-electron chi connectivity index (χ4n) is 3.48. The predicted octanol–water partition coefficient (Wildman–Crippen LogP) is 2.38. The van der Waals surface area contributed by atoms with E-state index in [0.717, 1.165) is 58.1 Å². The fraction of sp³-hybridized carbons (Fsp3) is 0.667. The van der Waals surface area contributed by atoms with Gasteiger partial charge in [0.05, 0.1) is 12.1 Å². The highest BCUT2D eigenvalue weighted by Crippen LogP contribution is 2.18. The van der Waals surface area contributed by atoms with Gasteiger partial charge >= 0.3 is 0 Å². The zero-order valence-electron chi connectivity index (χ0n) is 17.4. The molecule has 0 amide bonds. The lowest BCUT2D eigenvalue weighted by Crippen LogP contribution is -2.48. The van der Waals surface area contributed by atoms with Crippen LogP contribution in [0, 0.1) is 0 Å². The fourth-order valence-corrected chi connectivity index (χ4v) is 3.48. The normalized spacial score (nSPS) is 17.4. The molecule has 1 saturated heterocycles. The lowest BCUT2D eigenvalue weighted by molar-refractivity contribution is 0.00987. The molecule has 1 aromatic rings. The molecule has 6 heteroatoms. The summed E-state index contributed by atoms with van der Waals surface area (Å²) < 4.78 is 11.0. The Labute approximate surface area is 164 Å². The number of hydrogen-bond acceptors (Lipinski definition) is 4. The van der Waals surface area contributed by atoms with Gasteiger partial charge in [-0.2, -0.15) is 0 Å². The SMILES string of the molecule is CN=C(NCC(c1ccccc1)N(C)C)N1CCC(OCCCOC)CC1. The van der Waals surface area contributed by atoms with Crippen molar-refractivity contribution in [3.63, 3.8) is 0 Å².